The second kappa shape index (κ2) is 8.87. The fourth-order valence-electron chi connectivity index (χ4n) is 4.62. The van der Waals surface area contributed by atoms with Crippen LogP contribution in [-0.4, -0.2) is 33.2 Å². The molecule has 2 atom stereocenters. The minimum atomic E-state index is -0.985. The molecule has 3 aromatic rings. The van der Waals surface area contributed by atoms with Crippen molar-refractivity contribution in [2.45, 2.75) is 50.9 Å². The molecule has 1 aromatic heterocycles. The van der Waals surface area contributed by atoms with Crippen molar-refractivity contribution in [3.8, 4) is 11.1 Å². The van der Waals surface area contributed by atoms with Gasteiger partial charge in [-0.15, -0.1) is 0 Å². The highest BCUT2D eigenvalue weighted by atomic mass is 16.6. The smallest absolute Gasteiger partial charge is 0.411 e. The summed E-state index contributed by atoms with van der Waals surface area (Å²) in [5, 5.41) is 10.5. The number of hydrogen-bond donors (Lipinski definition) is 2. The largest absolute Gasteiger partial charge is 0.438 e. The monoisotopic (exact) mass is 446 g/mol. The lowest BCUT2D eigenvalue weighted by molar-refractivity contribution is -0.101. The summed E-state index contributed by atoms with van der Waals surface area (Å²) in [6.45, 7) is 5.99. The van der Waals surface area contributed by atoms with Crippen LogP contribution in [0.4, 0.5) is 4.79 Å². The van der Waals surface area contributed by atoms with Crippen molar-refractivity contribution >= 4 is 6.09 Å². The number of H-pyrrole nitrogens is 1. The van der Waals surface area contributed by atoms with E-state index in [-0.39, 0.29) is 17.7 Å². The Balaban J connectivity index is 1.53. The van der Waals surface area contributed by atoms with E-state index in [0.717, 1.165) is 22.3 Å². The van der Waals surface area contributed by atoms with Crippen molar-refractivity contribution in [3.05, 3.63) is 94.4 Å². The van der Waals surface area contributed by atoms with Gasteiger partial charge in [-0.05, 0) is 49.1 Å². The van der Waals surface area contributed by atoms with Gasteiger partial charge in [0.05, 0.1) is 11.6 Å². The quantitative estimate of drug-likeness (QED) is 0.558. The summed E-state index contributed by atoms with van der Waals surface area (Å²) < 4.78 is 6.09. The highest BCUT2D eigenvalue weighted by molar-refractivity contribution is 5.70. The summed E-state index contributed by atoms with van der Waals surface area (Å²) in [5.74, 6) is 0. The van der Waals surface area contributed by atoms with Crippen LogP contribution in [0.1, 0.15) is 50.8 Å². The lowest BCUT2D eigenvalue weighted by Gasteiger charge is -2.45. The van der Waals surface area contributed by atoms with Crippen molar-refractivity contribution < 1.29 is 14.6 Å². The van der Waals surface area contributed by atoms with Crippen LogP contribution >= 0.6 is 0 Å². The summed E-state index contributed by atoms with van der Waals surface area (Å²) in [6, 6.07) is 20.8. The Hall–Kier alpha value is -3.38. The summed E-state index contributed by atoms with van der Waals surface area (Å²) in [4.78, 5) is 28.9. The van der Waals surface area contributed by atoms with Crippen LogP contribution in [0.2, 0.25) is 0 Å². The number of aromatic nitrogens is 1. The first-order valence-electron chi connectivity index (χ1n) is 11.2. The van der Waals surface area contributed by atoms with E-state index in [0.29, 0.717) is 19.4 Å². The summed E-state index contributed by atoms with van der Waals surface area (Å²) in [7, 11) is 0. The number of aliphatic hydroxyl groups is 1. The van der Waals surface area contributed by atoms with Crippen LogP contribution in [0, 0.1) is 0 Å². The normalized spacial score (nSPS) is 19.8. The lowest BCUT2D eigenvalue weighted by Crippen LogP contribution is -2.51. The third-order valence-corrected chi connectivity index (χ3v) is 6.27. The first kappa shape index (κ1) is 22.8. The van der Waals surface area contributed by atoms with Crippen molar-refractivity contribution in [3.63, 3.8) is 0 Å². The molecule has 1 aliphatic rings. The number of hydrogen-bond acceptors (Lipinski definition) is 4. The van der Waals surface area contributed by atoms with Crippen LogP contribution in [0.15, 0.2) is 77.7 Å². The average molecular weight is 447 g/mol. The highest BCUT2D eigenvalue weighted by Gasteiger charge is 2.46. The topological polar surface area (TPSA) is 82.6 Å². The van der Waals surface area contributed by atoms with Gasteiger partial charge >= 0.3 is 6.09 Å². The first-order valence-corrected chi connectivity index (χ1v) is 11.2. The Bertz CT molecular complexity index is 1140. The number of nitrogens with one attached hydrogen (secondary N) is 1. The summed E-state index contributed by atoms with van der Waals surface area (Å²) >= 11 is 0. The third-order valence-electron chi connectivity index (χ3n) is 6.27. The number of rotatable bonds is 6. The maximum Gasteiger partial charge on any atom is 0.411 e. The fourth-order valence-corrected chi connectivity index (χ4v) is 4.62. The Morgan fingerprint density at radius 3 is 2.27 bits per heavy atom. The zero-order valence-electron chi connectivity index (χ0n) is 19.2. The molecule has 1 saturated heterocycles. The number of carbonyl (C=O) groups excluding carboxylic acids is 1. The maximum absolute atomic E-state index is 13.2. The van der Waals surface area contributed by atoms with Crippen LogP contribution in [-0.2, 0) is 10.3 Å². The van der Waals surface area contributed by atoms with Gasteiger partial charge in [0.15, 0.2) is 0 Å². The van der Waals surface area contributed by atoms with Crippen molar-refractivity contribution in [1.29, 1.82) is 0 Å². The number of ether oxygens (including phenoxy) is 1. The fraction of sp³-hybridized carbons (Fsp3) is 0.333. The predicted molar refractivity (Wildman–Crippen MR) is 128 cm³/mol. The minimum Gasteiger partial charge on any atom is -0.438 e. The molecule has 0 aliphatic carbocycles. The van der Waals surface area contributed by atoms with Gasteiger partial charge in [0.1, 0.15) is 5.60 Å². The van der Waals surface area contributed by atoms with E-state index in [1.807, 2.05) is 61.5 Å². The van der Waals surface area contributed by atoms with Gasteiger partial charge in [-0.1, -0.05) is 54.6 Å². The van der Waals surface area contributed by atoms with Crippen LogP contribution < -0.4 is 5.56 Å². The zero-order valence-corrected chi connectivity index (χ0v) is 19.2. The van der Waals surface area contributed by atoms with Crippen LogP contribution in [0.5, 0.6) is 0 Å². The van der Waals surface area contributed by atoms with Gasteiger partial charge in [-0.3, -0.25) is 4.79 Å². The molecule has 0 radical (unpaired) electrons. The molecule has 1 unspecified atom stereocenters. The van der Waals surface area contributed by atoms with E-state index in [1.165, 1.54) is 6.07 Å². The molecule has 6 nitrogen and oxygen atoms in total. The van der Waals surface area contributed by atoms with Crippen molar-refractivity contribution in [2.75, 3.05) is 6.54 Å². The second-order valence-electron chi connectivity index (χ2n) is 9.40. The van der Waals surface area contributed by atoms with E-state index in [4.69, 9.17) is 4.74 Å². The molecule has 1 aliphatic heterocycles. The summed E-state index contributed by atoms with van der Waals surface area (Å²) in [6.07, 6.45) is 2.22. The number of cyclic esters (lactones) is 1. The SMILES string of the molecule is C[C@@H](c1ccc(-c2ccc(=O)[nH]c2)cc1)N1CCC(CC(C)(C)O)(c2ccccc2)OC1=O. The Kier molecular flexibility index (Phi) is 6.13. The van der Waals surface area contributed by atoms with E-state index < -0.39 is 11.2 Å². The standard InChI is InChI=1S/C27H30N2O4/c1-19(20-9-11-21(12-10-20)22-13-14-24(30)28-17-22)29-16-15-27(33-25(29)31,18-26(2,3)32)23-7-5-4-6-8-23/h4-14,17,19,32H,15-16,18H2,1-3H3,(H,28,30)/t19-,27?/m0/s1. The number of amides is 1. The van der Waals surface area contributed by atoms with Gasteiger partial charge in [-0.25, -0.2) is 4.79 Å². The molecular formula is C27H30N2O4. The molecular weight excluding hydrogens is 416 g/mol. The van der Waals surface area contributed by atoms with E-state index in [9.17, 15) is 14.7 Å². The molecule has 2 aromatic carbocycles. The van der Waals surface area contributed by atoms with E-state index in [1.54, 1.807) is 31.0 Å². The molecule has 0 bridgehead atoms. The first-order chi connectivity index (χ1) is 15.7. The van der Waals surface area contributed by atoms with E-state index >= 15 is 0 Å². The molecule has 172 valence electrons. The number of pyridine rings is 1. The average Bonchev–Trinajstić information content (AvgIpc) is 2.79. The van der Waals surface area contributed by atoms with E-state index in [2.05, 4.69) is 4.98 Å². The Morgan fingerprint density at radius 2 is 1.70 bits per heavy atom. The van der Waals surface area contributed by atoms with Crippen molar-refractivity contribution in [1.82, 2.24) is 9.88 Å². The summed E-state index contributed by atoms with van der Waals surface area (Å²) in [5.41, 5.74) is 1.82. The highest BCUT2D eigenvalue weighted by Crippen LogP contribution is 2.42. The molecule has 2 N–H and O–H groups in total. The maximum atomic E-state index is 13.2. The molecule has 4 rings (SSSR count). The van der Waals surface area contributed by atoms with Gasteiger partial charge in [0, 0.05) is 31.6 Å². The molecule has 2 heterocycles. The Morgan fingerprint density at radius 1 is 1.03 bits per heavy atom. The molecule has 0 saturated carbocycles. The number of nitrogens with zero attached hydrogens (tertiary/aromatic N) is 1. The van der Waals surface area contributed by atoms with Crippen LogP contribution in [0.25, 0.3) is 11.1 Å². The van der Waals surface area contributed by atoms with Crippen LogP contribution in [0.3, 0.4) is 0 Å². The third kappa shape index (κ3) is 5.01. The molecule has 0 spiro atoms. The van der Waals surface area contributed by atoms with Crippen molar-refractivity contribution in [2.24, 2.45) is 0 Å². The number of aromatic amines is 1. The van der Waals surface area contributed by atoms with Gasteiger partial charge in [-0.2, -0.15) is 0 Å². The molecule has 33 heavy (non-hydrogen) atoms. The van der Waals surface area contributed by atoms with Gasteiger partial charge < -0.3 is 19.7 Å². The predicted octanol–water partition coefficient (Wildman–Crippen LogP) is 5.00. The minimum absolute atomic E-state index is 0.135. The van der Waals surface area contributed by atoms with Gasteiger partial charge in [0.25, 0.3) is 0 Å². The molecule has 1 amide bonds. The second-order valence-corrected chi connectivity index (χ2v) is 9.40. The lowest BCUT2D eigenvalue weighted by atomic mass is 9.80. The molecule has 1 fully saturated rings. The zero-order chi connectivity index (χ0) is 23.6. The van der Waals surface area contributed by atoms with Gasteiger partial charge in [0.2, 0.25) is 5.56 Å². The Labute approximate surface area is 193 Å². The number of benzene rings is 2. The number of carbonyl (C=O) groups is 1. The molecule has 6 heteroatoms.